The number of thiocarbonyl (C=S) groups is 1. The molecule has 0 aliphatic carbocycles. The molecule has 0 aromatic heterocycles. The van der Waals surface area contributed by atoms with Gasteiger partial charge in [-0.15, -0.1) is 0 Å². The van der Waals surface area contributed by atoms with Crippen LogP contribution in [0.5, 0.6) is 0 Å². The number of benzene rings is 1. The lowest BCUT2D eigenvalue weighted by molar-refractivity contribution is -0.0415. The monoisotopic (exact) mass is 325 g/mol. The number of anilines is 1. The van der Waals surface area contributed by atoms with E-state index in [1.165, 1.54) is 19.4 Å². The Morgan fingerprint density at radius 3 is 3.14 bits per heavy atom. The van der Waals surface area contributed by atoms with Gasteiger partial charge >= 0.3 is 0 Å². The van der Waals surface area contributed by atoms with Gasteiger partial charge in [-0.05, 0) is 37.6 Å². The van der Waals surface area contributed by atoms with Crippen molar-refractivity contribution >= 4 is 34.5 Å². The lowest BCUT2D eigenvalue weighted by atomic mass is 10.1. The zero-order chi connectivity index (χ0) is 14.8. The normalized spacial score (nSPS) is 25.6. The largest absolute Gasteiger partial charge is 0.389 e. The fourth-order valence-corrected chi connectivity index (χ4v) is 3.42. The molecular formula is C15H20ClN3OS. The van der Waals surface area contributed by atoms with E-state index in [1.807, 2.05) is 12.1 Å². The van der Waals surface area contributed by atoms with E-state index in [0.29, 0.717) is 16.1 Å². The first-order valence-corrected chi connectivity index (χ1v) is 8.11. The van der Waals surface area contributed by atoms with Crippen molar-refractivity contribution in [2.75, 3.05) is 31.6 Å². The number of hydrogen-bond donors (Lipinski definition) is 2. The lowest BCUT2D eigenvalue weighted by Gasteiger charge is -2.35. The molecule has 21 heavy (non-hydrogen) atoms. The number of halogens is 1. The van der Waals surface area contributed by atoms with Crippen LogP contribution in [0, 0.1) is 0 Å². The third kappa shape index (κ3) is 3.48. The van der Waals surface area contributed by atoms with Crippen molar-refractivity contribution in [2.24, 2.45) is 5.73 Å². The first-order chi connectivity index (χ1) is 10.1. The number of morpholine rings is 1. The van der Waals surface area contributed by atoms with E-state index >= 15 is 0 Å². The molecule has 2 fully saturated rings. The predicted molar refractivity (Wildman–Crippen MR) is 90.2 cm³/mol. The highest BCUT2D eigenvalue weighted by Gasteiger charge is 2.31. The molecular weight excluding hydrogens is 306 g/mol. The molecule has 4 nitrogen and oxygen atoms in total. The van der Waals surface area contributed by atoms with Crippen LogP contribution in [-0.2, 0) is 4.74 Å². The summed E-state index contributed by atoms with van der Waals surface area (Å²) in [7, 11) is 0. The Balaban J connectivity index is 1.56. The van der Waals surface area contributed by atoms with E-state index in [4.69, 9.17) is 34.3 Å². The Morgan fingerprint density at radius 2 is 2.38 bits per heavy atom. The number of rotatable bonds is 4. The highest BCUT2D eigenvalue weighted by molar-refractivity contribution is 7.80. The van der Waals surface area contributed by atoms with Crippen LogP contribution in [0.2, 0.25) is 5.02 Å². The minimum atomic E-state index is 0.214. The molecule has 1 aromatic carbocycles. The van der Waals surface area contributed by atoms with Crippen LogP contribution in [0.3, 0.4) is 0 Å². The van der Waals surface area contributed by atoms with Crippen molar-refractivity contribution in [1.29, 1.82) is 0 Å². The number of nitrogens with two attached hydrogens (primary N) is 1. The number of nitrogens with one attached hydrogen (secondary N) is 1. The lowest BCUT2D eigenvalue weighted by Crippen LogP contribution is -2.48. The molecule has 2 aliphatic heterocycles. The Labute approximate surface area is 135 Å². The average molecular weight is 326 g/mol. The van der Waals surface area contributed by atoms with Crippen molar-refractivity contribution in [2.45, 2.75) is 25.0 Å². The highest BCUT2D eigenvalue weighted by Crippen LogP contribution is 2.25. The molecule has 0 saturated carbocycles. The first kappa shape index (κ1) is 15.0. The molecule has 6 heteroatoms. The van der Waals surface area contributed by atoms with Gasteiger partial charge < -0.3 is 15.8 Å². The summed E-state index contributed by atoms with van der Waals surface area (Å²) >= 11 is 11.2. The number of hydrogen-bond acceptors (Lipinski definition) is 4. The van der Waals surface area contributed by atoms with Gasteiger partial charge in [0, 0.05) is 24.7 Å². The molecule has 0 bridgehead atoms. The number of ether oxygens (including phenoxy) is 1. The zero-order valence-electron chi connectivity index (χ0n) is 11.8. The minimum absolute atomic E-state index is 0.214. The third-order valence-electron chi connectivity index (χ3n) is 4.24. The van der Waals surface area contributed by atoms with Crippen LogP contribution in [0.4, 0.5) is 5.69 Å². The van der Waals surface area contributed by atoms with E-state index in [0.717, 1.165) is 30.9 Å². The summed E-state index contributed by atoms with van der Waals surface area (Å²) in [6, 6.07) is 6.23. The van der Waals surface area contributed by atoms with Crippen LogP contribution < -0.4 is 11.1 Å². The highest BCUT2D eigenvalue weighted by atomic mass is 35.5. The summed E-state index contributed by atoms with van der Waals surface area (Å²) in [5, 5.41) is 4.00. The van der Waals surface area contributed by atoms with Crippen molar-refractivity contribution in [3.05, 3.63) is 28.8 Å². The average Bonchev–Trinajstić information content (AvgIpc) is 2.93. The van der Waals surface area contributed by atoms with Gasteiger partial charge in [0.15, 0.2) is 0 Å². The molecule has 1 aromatic rings. The Morgan fingerprint density at radius 1 is 1.52 bits per heavy atom. The van der Waals surface area contributed by atoms with Crippen LogP contribution in [0.15, 0.2) is 18.2 Å². The fourth-order valence-electron chi connectivity index (χ4n) is 3.04. The van der Waals surface area contributed by atoms with Gasteiger partial charge in [0.05, 0.1) is 23.4 Å². The molecule has 2 unspecified atom stereocenters. The molecule has 2 aliphatic rings. The van der Waals surface area contributed by atoms with Crippen molar-refractivity contribution in [1.82, 2.24) is 4.90 Å². The molecule has 0 amide bonds. The van der Waals surface area contributed by atoms with E-state index in [1.54, 1.807) is 6.07 Å². The molecule has 0 spiro atoms. The first-order valence-electron chi connectivity index (χ1n) is 7.32. The maximum absolute atomic E-state index is 6.25. The van der Waals surface area contributed by atoms with Gasteiger partial charge in [0.2, 0.25) is 0 Å². The van der Waals surface area contributed by atoms with Gasteiger partial charge in [-0.2, -0.15) is 0 Å². The van der Waals surface area contributed by atoms with Gasteiger partial charge in [0.25, 0.3) is 0 Å². The van der Waals surface area contributed by atoms with Crippen LogP contribution >= 0.6 is 23.8 Å². The Kier molecular flexibility index (Phi) is 4.64. The number of fused-ring (bicyclic) bond motifs is 1. The maximum Gasteiger partial charge on any atom is 0.104 e. The summed E-state index contributed by atoms with van der Waals surface area (Å²) in [6.45, 7) is 3.81. The zero-order valence-corrected chi connectivity index (χ0v) is 13.4. The minimum Gasteiger partial charge on any atom is -0.389 e. The Hall–Kier alpha value is -0.880. The fraction of sp³-hybridized carbons (Fsp3) is 0.533. The summed E-state index contributed by atoms with van der Waals surface area (Å²) in [6.07, 6.45) is 2.78. The van der Waals surface area contributed by atoms with Crippen molar-refractivity contribution in [3.63, 3.8) is 0 Å². The van der Waals surface area contributed by atoms with Crippen molar-refractivity contribution < 1.29 is 4.74 Å². The summed E-state index contributed by atoms with van der Waals surface area (Å²) < 4.78 is 5.93. The van der Waals surface area contributed by atoms with E-state index in [-0.39, 0.29) is 6.10 Å². The van der Waals surface area contributed by atoms with E-state index in [2.05, 4.69) is 10.2 Å². The van der Waals surface area contributed by atoms with Crippen molar-refractivity contribution in [3.8, 4) is 0 Å². The SMILES string of the molecule is NC(=S)c1ccc(NCC2CN3CCCC3CO2)c(Cl)c1. The molecule has 114 valence electrons. The molecule has 0 radical (unpaired) electrons. The van der Waals surface area contributed by atoms with Crippen LogP contribution in [0.25, 0.3) is 0 Å². The van der Waals surface area contributed by atoms with Crippen LogP contribution in [-0.4, -0.2) is 48.3 Å². The standard InChI is InChI=1S/C15H20ClN3OS/c16-13-6-10(15(17)21)3-4-14(13)18-7-12-8-19-5-1-2-11(19)9-20-12/h3-4,6,11-12,18H,1-2,5,7-9H2,(H2,17,21). The van der Waals surface area contributed by atoms with Gasteiger partial charge in [-0.3, -0.25) is 4.90 Å². The second kappa shape index (κ2) is 6.48. The molecule has 2 heterocycles. The second-order valence-electron chi connectivity index (χ2n) is 5.69. The van der Waals surface area contributed by atoms with E-state index in [9.17, 15) is 0 Å². The molecule has 3 N–H and O–H groups in total. The van der Waals surface area contributed by atoms with Gasteiger partial charge in [-0.25, -0.2) is 0 Å². The van der Waals surface area contributed by atoms with Gasteiger partial charge in [-0.1, -0.05) is 23.8 Å². The Bertz CT molecular complexity index is 540. The quantitative estimate of drug-likeness (QED) is 0.832. The third-order valence-corrected chi connectivity index (χ3v) is 4.78. The topological polar surface area (TPSA) is 50.5 Å². The number of nitrogens with zero attached hydrogens (tertiary/aromatic N) is 1. The second-order valence-corrected chi connectivity index (χ2v) is 6.53. The maximum atomic E-state index is 6.25. The summed E-state index contributed by atoms with van der Waals surface area (Å²) in [5.41, 5.74) is 7.28. The summed E-state index contributed by atoms with van der Waals surface area (Å²) in [4.78, 5) is 2.90. The van der Waals surface area contributed by atoms with Gasteiger partial charge in [0.1, 0.15) is 4.99 Å². The van der Waals surface area contributed by atoms with E-state index < -0.39 is 0 Å². The molecule has 3 rings (SSSR count). The summed E-state index contributed by atoms with van der Waals surface area (Å²) in [5.74, 6) is 0. The smallest absolute Gasteiger partial charge is 0.104 e. The molecule has 2 atom stereocenters. The van der Waals surface area contributed by atoms with Crippen LogP contribution in [0.1, 0.15) is 18.4 Å². The predicted octanol–water partition coefficient (Wildman–Crippen LogP) is 2.25. The molecule has 2 saturated heterocycles.